The number of ether oxygens (including phenoxy) is 3. The number of aliphatic hydroxyl groups excluding tert-OH is 1. The van der Waals surface area contributed by atoms with Crippen LogP contribution in [0.5, 0.6) is 0 Å². The number of rotatable bonds is 7. The Hall–Kier alpha value is -1.72. The molecule has 2 aromatic rings. The van der Waals surface area contributed by atoms with E-state index in [-0.39, 0.29) is 24.2 Å². The van der Waals surface area contributed by atoms with Crippen LogP contribution in [0.25, 0.3) is 0 Å². The molecule has 3 rings (SSSR count). The van der Waals surface area contributed by atoms with Crippen LogP contribution < -0.4 is 0 Å². The van der Waals surface area contributed by atoms with Crippen molar-refractivity contribution in [1.82, 2.24) is 0 Å². The molecule has 1 aliphatic heterocycles. The Bertz CT molecular complexity index is 646. The number of hydrogen-bond donors (Lipinski definition) is 1. The highest BCUT2D eigenvalue weighted by molar-refractivity contribution is 5.14. The second-order valence-electron chi connectivity index (χ2n) is 6.99. The van der Waals surface area contributed by atoms with E-state index in [0.29, 0.717) is 19.8 Å². The molecule has 2 aromatic carbocycles. The first-order valence-electron chi connectivity index (χ1n) is 9.26. The fraction of sp³-hybridized carbons (Fsp3) is 0.455. The first-order chi connectivity index (χ1) is 12.6. The quantitative estimate of drug-likeness (QED) is 0.824. The highest BCUT2D eigenvalue weighted by Crippen LogP contribution is 2.29. The summed E-state index contributed by atoms with van der Waals surface area (Å²) in [5, 5.41) is 10.8. The molecule has 140 valence electrons. The predicted octanol–water partition coefficient (Wildman–Crippen LogP) is 3.57. The number of hydrogen-bond acceptors (Lipinski definition) is 4. The third kappa shape index (κ3) is 4.92. The minimum Gasteiger partial charge on any atom is -0.388 e. The third-order valence-corrected chi connectivity index (χ3v) is 5.04. The molecule has 0 aromatic heterocycles. The maximum absolute atomic E-state index is 10.8. The van der Waals surface area contributed by atoms with Crippen LogP contribution in [0.1, 0.15) is 25.0 Å². The van der Waals surface area contributed by atoms with Crippen LogP contribution in [0.4, 0.5) is 0 Å². The van der Waals surface area contributed by atoms with Gasteiger partial charge in [-0.3, -0.25) is 0 Å². The molecule has 0 spiro atoms. The van der Waals surface area contributed by atoms with E-state index in [1.165, 1.54) is 0 Å². The standard InChI is InChI=1S/C22H28O4/c1-16-17(2)26-20(15-24-13-18-9-5-3-6-10-18)21(23)22(16)25-14-19-11-7-4-8-12-19/h3-12,16-17,20-23H,13-15H2,1-2H3/t16?,17-,20?,21+,22-/m0/s1. The summed E-state index contributed by atoms with van der Waals surface area (Å²) in [4.78, 5) is 0. The normalized spacial score (nSPS) is 28.8. The summed E-state index contributed by atoms with van der Waals surface area (Å²) in [5.41, 5.74) is 2.21. The molecular weight excluding hydrogens is 328 g/mol. The summed E-state index contributed by atoms with van der Waals surface area (Å²) < 4.78 is 17.8. The summed E-state index contributed by atoms with van der Waals surface area (Å²) in [5.74, 6) is 0.110. The SMILES string of the molecule is CC1[C@H](C)OC(COCc2ccccc2)[C@@H](O)[C@H]1OCc1ccccc1. The van der Waals surface area contributed by atoms with Gasteiger partial charge in [0.15, 0.2) is 0 Å². The fourth-order valence-electron chi connectivity index (χ4n) is 3.29. The molecule has 1 fully saturated rings. The Morgan fingerprint density at radius 1 is 0.885 bits per heavy atom. The van der Waals surface area contributed by atoms with E-state index in [1.807, 2.05) is 67.6 Å². The molecule has 5 atom stereocenters. The van der Waals surface area contributed by atoms with Crippen LogP contribution in [0.15, 0.2) is 60.7 Å². The lowest BCUT2D eigenvalue weighted by Gasteiger charge is -2.42. The van der Waals surface area contributed by atoms with Crippen molar-refractivity contribution < 1.29 is 19.3 Å². The van der Waals surface area contributed by atoms with Crippen molar-refractivity contribution in [2.45, 2.75) is 51.5 Å². The van der Waals surface area contributed by atoms with Gasteiger partial charge in [-0.1, -0.05) is 67.6 Å². The third-order valence-electron chi connectivity index (χ3n) is 5.04. The summed E-state index contributed by atoms with van der Waals surface area (Å²) in [6.07, 6.45) is -1.36. The van der Waals surface area contributed by atoms with Gasteiger partial charge in [0.25, 0.3) is 0 Å². The first-order valence-corrected chi connectivity index (χ1v) is 9.26. The minimum atomic E-state index is -0.708. The number of benzene rings is 2. The predicted molar refractivity (Wildman–Crippen MR) is 101 cm³/mol. The molecule has 1 N–H and O–H groups in total. The molecule has 0 aliphatic carbocycles. The molecular formula is C22H28O4. The average molecular weight is 356 g/mol. The van der Waals surface area contributed by atoms with Crippen LogP contribution in [-0.2, 0) is 27.4 Å². The van der Waals surface area contributed by atoms with Crippen LogP contribution >= 0.6 is 0 Å². The zero-order valence-electron chi connectivity index (χ0n) is 15.5. The van der Waals surface area contributed by atoms with Gasteiger partial charge in [-0.15, -0.1) is 0 Å². The summed E-state index contributed by atoms with van der Waals surface area (Å²) in [7, 11) is 0. The maximum atomic E-state index is 10.8. The molecule has 0 radical (unpaired) electrons. The van der Waals surface area contributed by atoms with Gasteiger partial charge in [-0.05, 0) is 18.1 Å². The van der Waals surface area contributed by atoms with Gasteiger partial charge in [0, 0.05) is 5.92 Å². The van der Waals surface area contributed by atoms with E-state index in [2.05, 4.69) is 6.92 Å². The minimum absolute atomic E-state index is 0.00417. The highest BCUT2D eigenvalue weighted by atomic mass is 16.6. The van der Waals surface area contributed by atoms with Crippen molar-refractivity contribution in [1.29, 1.82) is 0 Å². The van der Waals surface area contributed by atoms with Gasteiger partial charge in [0.05, 0.1) is 32.0 Å². The Kier molecular flexibility index (Phi) is 6.80. The van der Waals surface area contributed by atoms with Crippen molar-refractivity contribution >= 4 is 0 Å². The Labute approximate surface area is 155 Å². The van der Waals surface area contributed by atoms with E-state index in [9.17, 15) is 5.11 Å². The fourth-order valence-corrected chi connectivity index (χ4v) is 3.29. The molecule has 0 saturated carbocycles. The lowest BCUT2D eigenvalue weighted by Crippen LogP contribution is -2.55. The molecule has 26 heavy (non-hydrogen) atoms. The van der Waals surface area contributed by atoms with Crippen LogP contribution in [0.3, 0.4) is 0 Å². The molecule has 2 unspecified atom stereocenters. The second kappa shape index (κ2) is 9.28. The van der Waals surface area contributed by atoms with E-state index in [4.69, 9.17) is 14.2 Å². The van der Waals surface area contributed by atoms with E-state index in [0.717, 1.165) is 11.1 Å². The van der Waals surface area contributed by atoms with Crippen molar-refractivity contribution in [2.75, 3.05) is 6.61 Å². The van der Waals surface area contributed by atoms with Gasteiger partial charge >= 0.3 is 0 Å². The summed E-state index contributed by atoms with van der Waals surface area (Å²) >= 11 is 0. The van der Waals surface area contributed by atoms with Crippen LogP contribution in [-0.4, -0.2) is 36.1 Å². The lowest BCUT2D eigenvalue weighted by molar-refractivity contribution is -0.221. The number of aliphatic hydroxyl groups is 1. The lowest BCUT2D eigenvalue weighted by atomic mass is 9.88. The van der Waals surface area contributed by atoms with E-state index >= 15 is 0 Å². The largest absolute Gasteiger partial charge is 0.388 e. The molecule has 1 saturated heterocycles. The summed E-state index contributed by atoms with van der Waals surface area (Å²) in [6, 6.07) is 20.0. The van der Waals surface area contributed by atoms with Gasteiger partial charge in [-0.2, -0.15) is 0 Å². The van der Waals surface area contributed by atoms with Gasteiger partial charge < -0.3 is 19.3 Å². The molecule has 0 bridgehead atoms. The monoisotopic (exact) mass is 356 g/mol. The Morgan fingerprint density at radius 2 is 1.46 bits per heavy atom. The van der Waals surface area contributed by atoms with Crippen molar-refractivity contribution in [3.63, 3.8) is 0 Å². The highest BCUT2D eigenvalue weighted by Gasteiger charge is 2.42. The van der Waals surface area contributed by atoms with Crippen LogP contribution in [0, 0.1) is 5.92 Å². The second-order valence-corrected chi connectivity index (χ2v) is 6.99. The molecule has 0 amide bonds. The topological polar surface area (TPSA) is 47.9 Å². The van der Waals surface area contributed by atoms with Crippen molar-refractivity contribution in [3.8, 4) is 0 Å². The van der Waals surface area contributed by atoms with E-state index < -0.39 is 6.10 Å². The van der Waals surface area contributed by atoms with Crippen molar-refractivity contribution in [2.24, 2.45) is 5.92 Å². The van der Waals surface area contributed by atoms with Crippen LogP contribution in [0.2, 0.25) is 0 Å². The molecule has 1 aliphatic rings. The first kappa shape index (κ1) is 19.1. The zero-order valence-corrected chi connectivity index (χ0v) is 15.5. The molecule has 1 heterocycles. The summed E-state index contributed by atoms with van der Waals surface area (Å²) in [6.45, 7) is 5.42. The molecule has 4 heteroatoms. The van der Waals surface area contributed by atoms with Crippen molar-refractivity contribution in [3.05, 3.63) is 71.8 Å². The Morgan fingerprint density at radius 3 is 2.08 bits per heavy atom. The maximum Gasteiger partial charge on any atom is 0.110 e. The molecule has 4 nitrogen and oxygen atoms in total. The average Bonchev–Trinajstić information content (AvgIpc) is 2.67. The van der Waals surface area contributed by atoms with Gasteiger partial charge in [0.1, 0.15) is 12.2 Å². The Balaban J connectivity index is 1.55. The van der Waals surface area contributed by atoms with E-state index in [1.54, 1.807) is 0 Å². The smallest absolute Gasteiger partial charge is 0.110 e. The van der Waals surface area contributed by atoms with Gasteiger partial charge in [-0.25, -0.2) is 0 Å². The zero-order chi connectivity index (χ0) is 18.4. The van der Waals surface area contributed by atoms with Gasteiger partial charge in [0.2, 0.25) is 0 Å².